The van der Waals surface area contributed by atoms with Gasteiger partial charge in [0.25, 0.3) is 5.92 Å². The molecule has 0 aromatic heterocycles. The first-order valence-corrected chi connectivity index (χ1v) is 11.1. The highest BCUT2D eigenvalue weighted by Gasteiger charge is 2.55. The lowest BCUT2D eigenvalue weighted by Gasteiger charge is -2.40. The van der Waals surface area contributed by atoms with Crippen LogP contribution in [0.25, 0.3) is 0 Å². The Morgan fingerprint density at radius 3 is 2.41 bits per heavy atom. The molecule has 2 aromatic carbocycles. The van der Waals surface area contributed by atoms with Crippen LogP contribution >= 0.6 is 0 Å². The number of esters is 1. The van der Waals surface area contributed by atoms with Gasteiger partial charge in [-0.05, 0) is 43.9 Å². The monoisotopic (exact) mass is 420 g/mol. The number of alkyl halides is 2. The highest BCUT2D eigenvalue weighted by molar-refractivity contribution is 7.85. The van der Waals surface area contributed by atoms with Gasteiger partial charge in [0.2, 0.25) is 0 Å². The smallest absolute Gasteiger partial charge is 0.306 e. The van der Waals surface area contributed by atoms with E-state index in [1.807, 2.05) is 37.3 Å². The second-order valence-corrected chi connectivity index (χ2v) is 9.37. The Labute approximate surface area is 172 Å². The maximum absolute atomic E-state index is 15.0. The molecule has 1 saturated carbocycles. The van der Waals surface area contributed by atoms with Crippen molar-refractivity contribution in [1.29, 1.82) is 0 Å². The Hall–Kier alpha value is -2.08. The van der Waals surface area contributed by atoms with Gasteiger partial charge in [-0.3, -0.25) is 9.00 Å². The van der Waals surface area contributed by atoms with Crippen molar-refractivity contribution in [2.24, 2.45) is 5.92 Å². The van der Waals surface area contributed by atoms with E-state index in [4.69, 9.17) is 4.74 Å². The van der Waals surface area contributed by atoms with Gasteiger partial charge in [0.1, 0.15) is 0 Å². The molecule has 0 amide bonds. The van der Waals surface area contributed by atoms with E-state index in [1.54, 1.807) is 24.3 Å². The number of rotatable bonds is 6. The molecule has 0 spiro atoms. The molecule has 0 unspecified atom stereocenters. The number of carbonyl (C=O) groups is 1. The summed E-state index contributed by atoms with van der Waals surface area (Å²) in [6.07, 6.45) is -0.688. The number of halogens is 2. The summed E-state index contributed by atoms with van der Waals surface area (Å²) < 4.78 is 48.3. The van der Waals surface area contributed by atoms with E-state index < -0.39 is 40.0 Å². The Kier molecular flexibility index (Phi) is 6.83. The van der Waals surface area contributed by atoms with E-state index in [9.17, 15) is 17.8 Å². The van der Waals surface area contributed by atoms with Crippen LogP contribution in [0.5, 0.6) is 0 Å². The first-order valence-electron chi connectivity index (χ1n) is 9.87. The number of carbonyl (C=O) groups excluding carboxylic acids is 1. The van der Waals surface area contributed by atoms with Crippen molar-refractivity contribution in [2.75, 3.05) is 0 Å². The SMILES string of the molecule is Cc1ccc([S@](=O)[C@H]2CC[C@H](C)C(F)(F)[C@@H]2OC(=O)CCc2ccccc2)cc1. The fraction of sp³-hybridized carbons (Fsp3) is 0.435. The molecule has 2 aromatic rings. The van der Waals surface area contributed by atoms with Crippen LogP contribution < -0.4 is 0 Å². The summed E-state index contributed by atoms with van der Waals surface area (Å²) >= 11 is 0. The zero-order valence-electron chi connectivity index (χ0n) is 16.6. The van der Waals surface area contributed by atoms with E-state index in [1.165, 1.54) is 6.92 Å². The van der Waals surface area contributed by atoms with Crippen molar-refractivity contribution in [1.82, 2.24) is 0 Å². The summed E-state index contributed by atoms with van der Waals surface area (Å²) in [5, 5.41) is -0.926. The molecule has 0 bridgehead atoms. The summed E-state index contributed by atoms with van der Waals surface area (Å²) in [4.78, 5) is 12.9. The normalized spacial score (nSPS) is 24.6. The van der Waals surface area contributed by atoms with Gasteiger partial charge in [-0.15, -0.1) is 0 Å². The molecule has 1 aliphatic carbocycles. The van der Waals surface area contributed by atoms with E-state index >= 15 is 0 Å². The van der Waals surface area contributed by atoms with Crippen molar-refractivity contribution in [3.63, 3.8) is 0 Å². The molecular formula is C23H26F2O3S. The number of ether oxygens (including phenoxy) is 1. The lowest BCUT2D eigenvalue weighted by molar-refractivity contribution is -0.194. The third-order valence-electron chi connectivity index (χ3n) is 5.51. The summed E-state index contributed by atoms with van der Waals surface area (Å²) in [6, 6.07) is 16.3. The molecule has 3 rings (SSSR count). The van der Waals surface area contributed by atoms with E-state index in [-0.39, 0.29) is 12.8 Å². The first-order chi connectivity index (χ1) is 13.8. The topological polar surface area (TPSA) is 43.4 Å². The van der Waals surface area contributed by atoms with Gasteiger partial charge in [-0.2, -0.15) is 0 Å². The molecule has 0 heterocycles. The first kappa shape index (κ1) is 21.6. The van der Waals surface area contributed by atoms with Crippen LogP contribution in [0.3, 0.4) is 0 Å². The predicted octanol–water partition coefficient (Wildman–Crippen LogP) is 5.08. The molecule has 6 heteroatoms. The number of hydrogen-bond donors (Lipinski definition) is 0. The van der Waals surface area contributed by atoms with Crippen LogP contribution in [0.2, 0.25) is 0 Å². The molecule has 3 nitrogen and oxygen atoms in total. The fourth-order valence-electron chi connectivity index (χ4n) is 3.60. The summed E-state index contributed by atoms with van der Waals surface area (Å²) in [5.74, 6) is -4.83. The minimum absolute atomic E-state index is 0.00879. The maximum atomic E-state index is 15.0. The second kappa shape index (κ2) is 9.16. The molecule has 1 aliphatic rings. The van der Waals surface area contributed by atoms with Crippen LogP contribution in [0, 0.1) is 12.8 Å². The molecule has 0 saturated heterocycles. The molecule has 29 heavy (non-hydrogen) atoms. The molecule has 4 atom stereocenters. The van der Waals surface area contributed by atoms with Crippen molar-refractivity contribution in [2.45, 2.75) is 61.7 Å². The Morgan fingerprint density at radius 2 is 1.76 bits per heavy atom. The van der Waals surface area contributed by atoms with Gasteiger partial charge in [-0.1, -0.05) is 55.0 Å². The quantitative estimate of drug-likeness (QED) is 0.612. The highest BCUT2D eigenvalue weighted by Crippen LogP contribution is 2.43. The zero-order chi connectivity index (χ0) is 21.0. The van der Waals surface area contributed by atoms with Crippen LogP contribution in [-0.2, 0) is 26.8 Å². The van der Waals surface area contributed by atoms with Gasteiger partial charge in [0.15, 0.2) is 6.10 Å². The van der Waals surface area contributed by atoms with Crippen molar-refractivity contribution in [3.05, 3.63) is 65.7 Å². The molecule has 0 radical (unpaired) electrons. The van der Waals surface area contributed by atoms with Gasteiger partial charge in [0.05, 0.1) is 16.0 Å². The zero-order valence-corrected chi connectivity index (χ0v) is 17.5. The van der Waals surface area contributed by atoms with Gasteiger partial charge < -0.3 is 4.74 Å². The maximum Gasteiger partial charge on any atom is 0.306 e. The summed E-state index contributed by atoms with van der Waals surface area (Å²) in [5.41, 5.74) is 1.94. The molecule has 0 aliphatic heterocycles. The average molecular weight is 421 g/mol. The van der Waals surface area contributed by atoms with Gasteiger partial charge >= 0.3 is 5.97 Å². The van der Waals surface area contributed by atoms with Crippen molar-refractivity contribution >= 4 is 16.8 Å². The van der Waals surface area contributed by atoms with Crippen LogP contribution in [0.4, 0.5) is 8.78 Å². The minimum atomic E-state index is -3.22. The van der Waals surface area contributed by atoms with Crippen LogP contribution in [0.1, 0.15) is 37.3 Å². The van der Waals surface area contributed by atoms with Crippen LogP contribution in [0.15, 0.2) is 59.5 Å². The van der Waals surface area contributed by atoms with Gasteiger partial charge in [0, 0.05) is 17.2 Å². The minimum Gasteiger partial charge on any atom is -0.455 e. The van der Waals surface area contributed by atoms with Crippen molar-refractivity contribution in [3.8, 4) is 0 Å². The van der Waals surface area contributed by atoms with Crippen molar-refractivity contribution < 1.29 is 22.5 Å². The van der Waals surface area contributed by atoms with E-state index in [0.29, 0.717) is 17.7 Å². The molecule has 0 N–H and O–H groups in total. The largest absolute Gasteiger partial charge is 0.455 e. The highest BCUT2D eigenvalue weighted by atomic mass is 32.2. The third kappa shape index (κ3) is 5.10. The lowest BCUT2D eigenvalue weighted by atomic mass is 9.84. The van der Waals surface area contributed by atoms with E-state index in [0.717, 1.165) is 11.1 Å². The average Bonchev–Trinajstić information content (AvgIpc) is 2.71. The number of aryl methyl sites for hydroxylation is 2. The van der Waals surface area contributed by atoms with Crippen LogP contribution in [-0.4, -0.2) is 27.5 Å². The number of benzene rings is 2. The lowest BCUT2D eigenvalue weighted by Crippen LogP contribution is -2.54. The summed E-state index contributed by atoms with van der Waals surface area (Å²) in [7, 11) is -1.68. The second-order valence-electron chi connectivity index (χ2n) is 7.70. The molecule has 156 valence electrons. The fourth-order valence-corrected chi connectivity index (χ4v) is 5.16. The molecular weight excluding hydrogens is 394 g/mol. The Morgan fingerprint density at radius 1 is 1.10 bits per heavy atom. The van der Waals surface area contributed by atoms with Gasteiger partial charge in [-0.25, -0.2) is 8.78 Å². The Bertz CT molecular complexity index is 852. The third-order valence-corrected chi connectivity index (χ3v) is 7.28. The summed E-state index contributed by atoms with van der Waals surface area (Å²) in [6.45, 7) is 3.36. The Balaban J connectivity index is 1.75. The standard InChI is InChI=1S/C23H26F2O3S/c1-16-8-12-19(13-9-16)29(27)20-14-10-17(2)23(24,25)22(20)28-21(26)15-11-18-6-4-3-5-7-18/h3-9,12-13,17,20,22H,10-11,14-15H2,1-2H3/t17-,20-,22+,29-/m0/s1. The van der Waals surface area contributed by atoms with E-state index in [2.05, 4.69) is 0 Å². The predicted molar refractivity (Wildman–Crippen MR) is 109 cm³/mol. The molecule has 1 fully saturated rings. The number of hydrogen-bond acceptors (Lipinski definition) is 3.